The van der Waals surface area contributed by atoms with Crippen molar-refractivity contribution < 1.29 is 31.8 Å². The number of nitrogens with one attached hydrogen (secondary N) is 1. The van der Waals surface area contributed by atoms with E-state index in [1.54, 1.807) is 14.0 Å². The minimum absolute atomic E-state index is 0.0360. The summed E-state index contributed by atoms with van der Waals surface area (Å²) in [6.07, 6.45) is 6.53. The van der Waals surface area contributed by atoms with Gasteiger partial charge in [-0.3, -0.25) is 18.9 Å². The van der Waals surface area contributed by atoms with E-state index in [1.807, 2.05) is 24.3 Å². The second-order valence-corrected chi connectivity index (χ2v) is 16.2. The number of aryl methyl sites for hydroxylation is 1. The standard InChI is InChI=1S/C33H38N4O9S2/c1-18-26-29(38)37(33(2,3)31(39)35-48(41,42)22-11-12-22)32(40)36(30(26)47-27(18)28-34-13-14-44-28)17-25(23-7-5-6-8-24(23)43-4)46-21-15-19-9-10-20(16-21)45-19/h5-8,13-14,19-22,25H,9-12,15-17H2,1-4H3,(H,35,39)/t19-,20+,21-,25-/m0/s1. The lowest BCUT2D eigenvalue weighted by Gasteiger charge is -2.33. The number of fused-ring (bicyclic) bond motifs is 3. The van der Waals surface area contributed by atoms with Gasteiger partial charge in [-0.1, -0.05) is 18.2 Å². The third-order valence-corrected chi connectivity index (χ3v) is 12.7. The highest BCUT2D eigenvalue weighted by Crippen LogP contribution is 2.40. The van der Waals surface area contributed by atoms with Crippen LogP contribution in [0.3, 0.4) is 0 Å². The number of carbonyl (C=O) groups is 1. The molecule has 3 aromatic heterocycles. The summed E-state index contributed by atoms with van der Waals surface area (Å²) >= 11 is 1.18. The zero-order chi connectivity index (χ0) is 34.0. The number of ether oxygens (including phenoxy) is 3. The quantitative estimate of drug-likeness (QED) is 0.242. The molecule has 0 radical (unpaired) electrons. The van der Waals surface area contributed by atoms with Crippen molar-refractivity contribution in [2.24, 2.45) is 0 Å². The molecule has 5 heterocycles. The topological polar surface area (TPSA) is 161 Å². The van der Waals surface area contributed by atoms with Crippen LogP contribution < -0.4 is 20.7 Å². The van der Waals surface area contributed by atoms with Crippen LogP contribution >= 0.6 is 11.3 Å². The molecule has 256 valence electrons. The van der Waals surface area contributed by atoms with E-state index in [4.69, 9.17) is 18.6 Å². The molecular weight excluding hydrogens is 661 g/mol. The number of rotatable bonds is 11. The molecule has 3 aliphatic rings. The van der Waals surface area contributed by atoms with Crippen molar-refractivity contribution in [3.8, 4) is 16.5 Å². The fraction of sp³-hybridized carbons (Fsp3) is 0.515. The van der Waals surface area contributed by atoms with Crippen LogP contribution in [-0.2, 0) is 36.4 Å². The van der Waals surface area contributed by atoms with Crippen LogP contribution in [0.25, 0.3) is 21.0 Å². The van der Waals surface area contributed by atoms with E-state index >= 15 is 0 Å². The van der Waals surface area contributed by atoms with Crippen LogP contribution in [0, 0.1) is 6.92 Å². The highest BCUT2D eigenvalue weighted by atomic mass is 32.2. The molecule has 1 amide bonds. The number of methoxy groups -OCH3 is 1. The monoisotopic (exact) mass is 698 g/mol. The maximum atomic E-state index is 14.7. The van der Waals surface area contributed by atoms with Crippen molar-refractivity contribution in [2.75, 3.05) is 7.11 Å². The minimum atomic E-state index is -3.96. The zero-order valence-corrected chi connectivity index (χ0v) is 28.8. The summed E-state index contributed by atoms with van der Waals surface area (Å²) in [6, 6.07) is 7.42. The molecule has 13 nitrogen and oxygen atoms in total. The Hall–Kier alpha value is -3.79. The van der Waals surface area contributed by atoms with Gasteiger partial charge >= 0.3 is 5.69 Å². The molecule has 2 bridgehead atoms. The van der Waals surface area contributed by atoms with E-state index in [0.717, 1.165) is 17.4 Å². The predicted molar refractivity (Wildman–Crippen MR) is 178 cm³/mol. The van der Waals surface area contributed by atoms with Gasteiger partial charge in [-0.2, -0.15) is 0 Å². The van der Waals surface area contributed by atoms with Crippen molar-refractivity contribution in [2.45, 2.75) is 101 Å². The maximum Gasteiger partial charge on any atom is 0.333 e. The van der Waals surface area contributed by atoms with Crippen molar-refractivity contribution in [3.63, 3.8) is 0 Å². The summed E-state index contributed by atoms with van der Waals surface area (Å²) in [4.78, 5) is 47.8. The van der Waals surface area contributed by atoms with Gasteiger partial charge in [0.25, 0.3) is 11.5 Å². The Balaban J connectivity index is 1.39. The summed E-state index contributed by atoms with van der Waals surface area (Å²) < 4.78 is 54.1. The second-order valence-electron chi connectivity index (χ2n) is 13.3. The lowest BCUT2D eigenvalue weighted by molar-refractivity contribution is -0.126. The minimum Gasteiger partial charge on any atom is -0.496 e. The third kappa shape index (κ3) is 5.80. The van der Waals surface area contributed by atoms with Crippen LogP contribution in [0.5, 0.6) is 5.75 Å². The molecule has 0 spiro atoms. The zero-order valence-electron chi connectivity index (χ0n) is 27.1. The van der Waals surface area contributed by atoms with Gasteiger partial charge in [0.15, 0.2) is 0 Å². The van der Waals surface area contributed by atoms with Gasteiger partial charge in [0, 0.05) is 5.56 Å². The number of nitrogens with zero attached hydrogens (tertiary/aromatic N) is 3. The van der Waals surface area contributed by atoms with Crippen LogP contribution in [0.2, 0.25) is 0 Å². The third-order valence-electron chi connectivity index (χ3n) is 9.59. The average Bonchev–Trinajstić information content (AvgIpc) is 3.54. The van der Waals surface area contributed by atoms with E-state index in [9.17, 15) is 22.8 Å². The molecule has 0 unspecified atom stereocenters. The lowest BCUT2D eigenvalue weighted by Crippen LogP contribution is -2.57. The summed E-state index contributed by atoms with van der Waals surface area (Å²) in [5.74, 6) is -0.125. The van der Waals surface area contributed by atoms with E-state index in [-0.39, 0.29) is 36.1 Å². The SMILES string of the molecule is COc1ccccc1[C@H](Cn1c(=O)n(C(C)(C)C(=O)NS(=O)(=O)C2CC2)c(=O)c2c(C)c(-c3ncco3)sc21)O[C@@H]1C[C@H]2CC[C@@H](C1)O2. The molecule has 3 fully saturated rings. The number of hydrogen-bond acceptors (Lipinski definition) is 11. The molecule has 1 saturated carbocycles. The van der Waals surface area contributed by atoms with E-state index in [1.165, 1.54) is 42.2 Å². The number of aromatic nitrogens is 3. The normalized spacial score (nSPS) is 21.8. The Labute approximate surface area is 280 Å². The number of carbonyl (C=O) groups excluding carboxylic acids is 1. The smallest absolute Gasteiger partial charge is 0.333 e. The summed E-state index contributed by atoms with van der Waals surface area (Å²) in [5.41, 5.74) is -2.16. The average molecular weight is 699 g/mol. The number of sulfonamides is 1. The molecule has 2 aliphatic heterocycles. The van der Waals surface area contributed by atoms with Crippen LogP contribution in [0.15, 0.2) is 50.7 Å². The van der Waals surface area contributed by atoms with E-state index in [2.05, 4.69) is 9.71 Å². The predicted octanol–water partition coefficient (Wildman–Crippen LogP) is 4.01. The Morgan fingerprint density at radius 2 is 1.85 bits per heavy atom. The van der Waals surface area contributed by atoms with E-state index in [0.29, 0.717) is 52.3 Å². The van der Waals surface area contributed by atoms with Crippen LogP contribution in [0.4, 0.5) is 0 Å². The van der Waals surface area contributed by atoms with Crippen LogP contribution in [-0.4, -0.2) is 59.1 Å². The largest absolute Gasteiger partial charge is 0.496 e. The number of hydrogen-bond donors (Lipinski definition) is 1. The fourth-order valence-electron chi connectivity index (χ4n) is 6.82. The molecule has 7 rings (SSSR count). The van der Waals surface area contributed by atoms with E-state index < -0.39 is 44.1 Å². The number of para-hydroxylation sites is 1. The number of thiophene rings is 1. The first-order valence-electron chi connectivity index (χ1n) is 16.1. The molecular formula is C33H38N4O9S2. The van der Waals surface area contributed by atoms with Crippen LogP contribution in [0.1, 0.15) is 69.6 Å². The second kappa shape index (κ2) is 12.3. The Morgan fingerprint density at radius 3 is 2.50 bits per heavy atom. The molecule has 1 N–H and O–H groups in total. The summed E-state index contributed by atoms with van der Waals surface area (Å²) in [7, 11) is -2.39. The van der Waals surface area contributed by atoms with Gasteiger partial charge in [0.1, 0.15) is 28.5 Å². The van der Waals surface area contributed by atoms with Gasteiger partial charge in [-0.05, 0) is 70.9 Å². The highest BCUT2D eigenvalue weighted by Gasteiger charge is 2.43. The molecule has 4 atom stereocenters. The maximum absolute atomic E-state index is 14.7. The molecule has 48 heavy (non-hydrogen) atoms. The van der Waals surface area contributed by atoms with Gasteiger partial charge < -0.3 is 18.6 Å². The molecule has 4 aromatic rings. The molecule has 1 aromatic carbocycles. The number of amides is 1. The van der Waals surface area contributed by atoms with Crippen molar-refractivity contribution in [1.82, 2.24) is 18.8 Å². The fourth-order valence-corrected chi connectivity index (χ4v) is 9.50. The first-order chi connectivity index (χ1) is 22.9. The Kier molecular flexibility index (Phi) is 8.37. The highest BCUT2D eigenvalue weighted by molar-refractivity contribution is 7.90. The van der Waals surface area contributed by atoms with Crippen molar-refractivity contribution >= 4 is 37.5 Å². The number of benzene rings is 1. The lowest BCUT2D eigenvalue weighted by atomic mass is 10.0. The Bertz CT molecular complexity index is 2080. The molecule has 15 heteroatoms. The number of oxazole rings is 1. The van der Waals surface area contributed by atoms with Crippen molar-refractivity contribution in [1.29, 1.82) is 0 Å². The van der Waals surface area contributed by atoms with Gasteiger partial charge in [-0.25, -0.2) is 22.8 Å². The van der Waals surface area contributed by atoms with Gasteiger partial charge in [0.05, 0.1) is 53.7 Å². The van der Waals surface area contributed by atoms with Gasteiger partial charge in [0.2, 0.25) is 15.9 Å². The first-order valence-corrected chi connectivity index (χ1v) is 18.4. The molecule has 1 aliphatic carbocycles. The van der Waals surface area contributed by atoms with Crippen molar-refractivity contribution in [3.05, 3.63) is 68.7 Å². The summed E-state index contributed by atoms with van der Waals surface area (Å²) in [5, 5.41) is -0.476. The Morgan fingerprint density at radius 1 is 1.15 bits per heavy atom. The first kappa shape index (κ1) is 32.7. The molecule has 2 saturated heterocycles. The summed E-state index contributed by atoms with van der Waals surface area (Å²) in [6.45, 7) is 4.43. The van der Waals surface area contributed by atoms with Gasteiger partial charge in [-0.15, -0.1) is 11.3 Å².